The second-order valence-corrected chi connectivity index (χ2v) is 5.97. The predicted octanol–water partition coefficient (Wildman–Crippen LogP) is 1.76. The molecule has 1 heterocycles. The summed E-state index contributed by atoms with van der Waals surface area (Å²) < 4.78 is 5.42. The molecule has 5 nitrogen and oxygen atoms in total. The second-order valence-electron chi connectivity index (χ2n) is 5.97. The molecular formula is C15H25NO4. The molecule has 4 atom stereocenters. The number of carboxylic acid groups (broad SMARTS) is 1. The maximum Gasteiger partial charge on any atom is 0.307 e. The van der Waals surface area contributed by atoms with Crippen molar-refractivity contribution in [3.05, 3.63) is 0 Å². The van der Waals surface area contributed by atoms with Gasteiger partial charge < -0.3 is 14.7 Å². The van der Waals surface area contributed by atoms with Gasteiger partial charge in [0.25, 0.3) is 0 Å². The fourth-order valence-corrected chi connectivity index (χ4v) is 3.52. The van der Waals surface area contributed by atoms with Crippen LogP contribution in [-0.2, 0) is 14.3 Å². The number of carbonyl (C=O) groups is 2. The molecule has 0 spiro atoms. The molecule has 0 aromatic carbocycles. The molecule has 5 heteroatoms. The molecule has 1 saturated carbocycles. The summed E-state index contributed by atoms with van der Waals surface area (Å²) in [7, 11) is 0. The van der Waals surface area contributed by atoms with Crippen LogP contribution in [0.15, 0.2) is 0 Å². The lowest BCUT2D eigenvalue weighted by molar-refractivity contribution is -0.153. The van der Waals surface area contributed by atoms with E-state index in [1.807, 2.05) is 11.8 Å². The van der Waals surface area contributed by atoms with E-state index >= 15 is 0 Å². The maximum atomic E-state index is 12.8. The number of morpholine rings is 1. The number of rotatable bonds is 4. The summed E-state index contributed by atoms with van der Waals surface area (Å²) in [5.74, 6) is -1.27. The summed E-state index contributed by atoms with van der Waals surface area (Å²) in [5, 5.41) is 9.37. The molecule has 0 aromatic rings. The number of amides is 1. The van der Waals surface area contributed by atoms with E-state index in [-0.39, 0.29) is 17.9 Å². The van der Waals surface area contributed by atoms with Gasteiger partial charge in [-0.15, -0.1) is 0 Å². The Morgan fingerprint density at radius 1 is 1.20 bits per heavy atom. The predicted molar refractivity (Wildman–Crippen MR) is 74.2 cm³/mol. The van der Waals surface area contributed by atoms with E-state index in [1.54, 1.807) is 0 Å². The Hall–Kier alpha value is -1.10. The SMILES string of the molecule is CCC1CC(C(=O)O)C(C(=O)N2CCOCC2CC)C1. The highest BCUT2D eigenvalue weighted by molar-refractivity contribution is 5.85. The number of hydrogen-bond acceptors (Lipinski definition) is 3. The zero-order chi connectivity index (χ0) is 14.7. The van der Waals surface area contributed by atoms with Gasteiger partial charge in [-0.3, -0.25) is 9.59 Å². The molecule has 1 N–H and O–H groups in total. The van der Waals surface area contributed by atoms with E-state index in [0.29, 0.717) is 32.1 Å². The lowest BCUT2D eigenvalue weighted by atomic mass is 9.93. The van der Waals surface area contributed by atoms with Crippen LogP contribution in [0, 0.1) is 17.8 Å². The highest BCUT2D eigenvalue weighted by Gasteiger charge is 2.44. The molecule has 2 fully saturated rings. The number of ether oxygens (including phenoxy) is 1. The number of nitrogens with zero attached hydrogens (tertiary/aromatic N) is 1. The van der Waals surface area contributed by atoms with Crippen LogP contribution in [0.1, 0.15) is 39.5 Å². The average Bonchev–Trinajstić information content (AvgIpc) is 2.91. The Morgan fingerprint density at radius 2 is 1.90 bits per heavy atom. The van der Waals surface area contributed by atoms with Crippen molar-refractivity contribution in [2.24, 2.45) is 17.8 Å². The first kappa shape index (κ1) is 15.3. The van der Waals surface area contributed by atoms with E-state index < -0.39 is 11.9 Å². The maximum absolute atomic E-state index is 12.8. The summed E-state index contributed by atoms with van der Waals surface area (Å²) in [4.78, 5) is 26.0. The van der Waals surface area contributed by atoms with Crippen LogP contribution in [0.2, 0.25) is 0 Å². The van der Waals surface area contributed by atoms with Crippen LogP contribution in [-0.4, -0.2) is 47.7 Å². The van der Waals surface area contributed by atoms with Crippen LogP contribution in [0.4, 0.5) is 0 Å². The monoisotopic (exact) mass is 283 g/mol. The molecule has 4 unspecified atom stereocenters. The topological polar surface area (TPSA) is 66.8 Å². The summed E-state index contributed by atoms with van der Waals surface area (Å²) >= 11 is 0. The van der Waals surface area contributed by atoms with Gasteiger partial charge in [-0.2, -0.15) is 0 Å². The van der Waals surface area contributed by atoms with Crippen molar-refractivity contribution in [3.63, 3.8) is 0 Å². The van der Waals surface area contributed by atoms with Gasteiger partial charge in [-0.25, -0.2) is 0 Å². The molecule has 1 saturated heterocycles. The van der Waals surface area contributed by atoms with E-state index in [1.165, 1.54) is 0 Å². The Bertz CT molecular complexity index is 371. The standard InChI is InChI=1S/C15H25NO4/c1-3-10-7-12(13(8-10)15(18)19)14(17)16-5-6-20-9-11(16)4-2/h10-13H,3-9H2,1-2H3,(H,18,19). The van der Waals surface area contributed by atoms with Crippen molar-refractivity contribution in [3.8, 4) is 0 Å². The van der Waals surface area contributed by atoms with Gasteiger partial charge >= 0.3 is 5.97 Å². The lowest BCUT2D eigenvalue weighted by Gasteiger charge is -2.37. The van der Waals surface area contributed by atoms with E-state index in [9.17, 15) is 14.7 Å². The van der Waals surface area contributed by atoms with E-state index in [4.69, 9.17) is 4.74 Å². The van der Waals surface area contributed by atoms with Gasteiger partial charge in [0.2, 0.25) is 5.91 Å². The highest BCUT2D eigenvalue weighted by Crippen LogP contribution is 2.39. The Morgan fingerprint density at radius 3 is 2.50 bits per heavy atom. The molecule has 1 amide bonds. The van der Waals surface area contributed by atoms with E-state index in [2.05, 4.69) is 6.92 Å². The highest BCUT2D eigenvalue weighted by atomic mass is 16.5. The van der Waals surface area contributed by atoms with Gasteiger partial charge in [0.1, 0.15) is 0 Å². The van der Waals surface area contributed by atoms with Crippen molar-refractivity contribution in [1.82, 2.24) is 4.90 Å². The minimum atomic E-state index is -0.819. The molecule has 1 aliphatic heterocycles. The van der Waals surface area contributed by atoms with Crippen molar-refractivity contribution < 1.29 is 19.4 Å². The van der Waals surface area contributed by atoms with Crippen LogP contribution in [0.5, 0.6) is 0 Å². The summed E-state index contributed by atoms with van der Waals surface area (Å²) in [6.45, 7) is 5.84. The Kier molecular flexibility index (Phi) is 5.02. The van der Waals surface area contributed by atoms with Crippen LogP contribution in [0.3, 0.4) is 0 Å². The summed E-state index contributed by atoms with van der Waals surface area (Å²) in [6.07, 6.45) is 3.17. The zero-order valence-corrected chi connectivity index (χ0v) is 12.4. The van der Waals surface area contributed by atoms with Gasteiger partial charge in [0, 0.05) is 6.54 Å². The van der Waals surface area contributed by atoms with Crippen molar-refractivity contribution in [1.29, 1.82) is 0 Å². The van der Waals surface area contributed by atoms with Crippen molar-refractivity contribution in [2.45, 2.75) is 45.6 Å². The fraction of sp³-hybridized carbons (Fsp3) is 0.867. The second kappa shape index (κ2) is 6.57. The molecular weight excluding hydrogens is 258 g/mol. The fourth-order valence-electron chi connectivity index (χ4n) is 3.52. The molecule has 114 valence electrons. The van der Waals surface area contributed by atoms with Gasteiger partial charge in [0.15, 0.2) is 0 Å². The van der Waals surface area contributed by atoms with E-state index in [0.717, 1.165) is 19.3 Å². The molecule has 2 rings (SSSR count). The van der Waals surface area contributed by atoms with Crippen LogP contribution >= 0.6 is 0 Å². The largest absolute Gasteiger partial charge is 0.481 e. The quantitative estimate of drug-likeness (QED) is 0.853. The van der Waals surface area contributed by atoms with Gasteiger partial charge in [0.05, 0.1) is 31.1 Å². The summed E-state index contributed by atoms with van der Waals surface area (Å²) in [6, 6.07) is 0.103. The van der Waals surface area contributed by atoms with Crippen molar-refractivity contribution >= 4 is 11.9 Å². The van der Waals surface area contributed by atoms with Crippen LogP contribution in [0.25, 0.3) is 0 Å². The summed E-state index contributed by atoms with van der Waals surface area (Å²) in [5.41, 5.74) is 0. The van der Waals surface area contributed by atoms with Crippen LogP contribution < -0.4 is 0 Å². The first-order valence-corrected chi connectivity index (χ1v) is 7.69. The molecule has 0 bridgehead atoms. The average molecular weight is 283 g/mol. The molecule has 0 aromatic heterocycles. The minimum Gasteiger partial charge on any atom is -0.481 e. The Balaban J connectivity index is 2.11. The number of carbonyl (C=O) groups excluding carboxylic acids is 1. The number of aliphatic carboxylic acids is 1. The first-order valence-electron chi connectivity index (χ1n) is 7.69. The van der Waals surface area contributed by atoms with Gasteiger partial charge in [-0.05, 0) is 25.2 Å². The lowest BCUT2D eigenvalue weighted by Crippen LogP contribution is -2.51. The number of hydrogen-bond donors (Lipinski definition) is 1. The van der Waals surface area contributed by atoms with Gasteiger partial charge in [-0.1, -0.05) is 20.3 Å². The third kappa shape index (κ3) is 2.97. The normalized spacial score (nSPS) is 34.2. The minimum absolute atomic E-state index is 0.0310. The molecule has 20 heavy (non-hydrogen) atoms. The third-order valence-electron chi connectivity index (χ3n) is 4.85. The smallest absolute Gasteiger partial charge is 0.307 e. The Labute approximate surface area is 120 Å². The van der Waals surface area contributed by atoms with Crippen molar-refractivity contribution in [2.75, 3.05) is 19.8 Å². The zero-order valence-electron chi connectivity index (χ0n) is 12.4. The first-order chi connectivity index (χ1) is 9.58. The molecule has 2 aliphatic rings. The third-order valence-corrected chi connectivity index (χ3v) is 4.85. The molecule has 1 aliphatic carbocycles. The number of carboxylic acids is 1. The molecule has 0 radical (unpaired) electrons.